The number of benzene rings is 2. The van der Waals surface area contributed by atoms with Gasteiger partial charge in [-0.05, 0) is 49.2 Å². The Hall–Kier alpha value is -3.86. The summed E-state index contributed by atoms with van der Waals surface area (Å²) in [5.74, 6) is -0.566. The van der Waals surface area contributed by atoms with Gasteiger partial charge < -0.3 is 5.32 Å². The molecule has 0 saturated heterocycles. The van der Waals surface area contributed by atoms with E-state index in [1.807, 2.05) is 0 Å². The van der Waals surface area contributed by atoms with Crippen LogP contribution in [0.25, 0.3) is 11.0 Å². The summed E-state index contributed by atoms with van der Waals surface area (Å²) in [6.07, 6.45) is 2.97. The summed E-state index contributed by atoms with van der Waals surface area (Å²) in [5, 5.41) is 6.86. The Morgan fingerprint density at radius 3 is 2.39 bits per heavy atom. The summed E-state index contributed by atoms with van der Waals surface area (Å²) in [7, 11) is -3.36. The van der Waals surface area contributed by atoms with Crippen LogP contribution in [-0.2, 0) is 34.1 Å². The summed E-state index contributed by atoms with van der Waals surface area (Å²) < 4.78 is 40.5. The molecule has 9 nitrogen and oxygen atoms in total. The number of halogens is 1. The third kappa shape index (κ3) is 5.51. The Balaban J connectivity index is 1.35. The number of hydrogen-bond acceptors (Lipinski definition) is 6. The SMILES string of the molecule is CC(C)S(=O)(=O)c1ccc(CC(=O)NCCn2ncc3c(=O)n(Cc4ccc(F)cc4)cnc32)cc1. The molecule has 11 heteroatoms. The monoisotopic (exact) mass is 511 g/mol. The molecular formula is C25H26FN5O4S. The smallest absolute Gasteiger partial charge is 0.264 e. The predicted molar refractivity (Wildman–Crippen MR) is 133 cm³/mol. The van der Waals surface area contributed by atoms with E-state index >= 15 is 0 Å². The van der Waals surface area contributed by atoms with Crippen molar-refractivity contribution in [1.82, 2.24) is 24.6 Å². The normalized spacial score (nSPS) is 11.8. The van der Waals surface area contributed by atoms with E-state index in [1.165, 1.54) is 41.4 Å². The van der Waals surface area contributed by atoms with Crippen LogP contribution >= 0.6 is 0 Å². The van der Waals surface area contributed by atoms with Gasteiger partial charge >= 0.3 is 0 Å². The number of rotatable bonds is 9. The van der Waals surface area contributed by atoms with Crippen LogP contribution in [-0.4, -0.2) is 45.5 Å². The van der Waals surface area contributed by atoms with Gasteiger partial charge in [0.2, 0.25) is 5.91 Å². The van der Waals surface area contributed by atoms with Gasteiger partial charge in [0, 0.05) is 6.54 Å². The molecule has 1 N–H and O–H groups in total. The van der Waals surface area contributed by atoms with Crippen molar-refractivity contribution in [3.63, 3.8) is 0 Å². The highest BCUT2D eigenvalue weighted by molar-refractivity contribution is 7.92. The average Bonchev–Trinajstić information content (AvgIpc) is 3.26. The van der Waals surface area contributed by atoms with E-state index in [0.717, 1.165) is 5.56 Å². The second-order valence-corrected chi connectivity index (χ2v) is 11.2. The molecule has 0 saturated carbocycles. The lowest BCUT2D eigenvalue weighted by Gasteiger charge is -2.09. The van der Waals surface area contributed by atoms with Crippen LogP contribution in [0, 0.1) is 5.82 Å². The van der Waals surface area contributed by atoms with Crippen molar-refractivity contribution in [3.05, 3.63) is 88.4 Å². The molecule has 4 rings (SSSR count). The van der Waals surface area contributed by atoms with Gasteiger partial charge in [-0.2, -0.15) is 5.10 Å². The van der Waals surface area contributed by atoms with Crippen molar-refractivity contribution < 1.29 is 17.6 Å². The third-order valence-electron chi connectivity index (χ3n) is 5.77. The average molecular weight is 512 g/mol. The van der Waals surface area contributed by atoms with Crippen LogP contribution in [0.4, 0.5) is 4.39 Å². The van der Waals surface area contributed by atoms with Crippen LogP contribution < -0.4 is 10.9 Å². The number of sulfone groups is 1. The predicted octanol–water partition coefficient (Wildman–Crippen LogP) is 2.32. The first-order valence-electron chi connectivity index (χ1n) is 11.4. The molecule has 1 amide bonds. The molecule has 2 aromatic carbocycles. The molecule has 0 unspecified atom stereocenters. The Morgan fingerprint density at radius 1 is 1.06 bits per heavy atom. The second-order valence-electron chi connectivity index (χ2n) is 8.67. The molecule has 0 bridgehead atoms. The van der Waals surface area contributed by atoms with Gasteiger partial charge in [-0.25, -0.2) is 22.5 Å². The Labute approximate surface area is 207 Å². The largest absolute Gasteiger partial charge is 0.354 e. The van der Waals surface area contributed by atoms with Crippen molar-refractivity contribution in [1.29, 1.82) is 0 Å². The van der Waals surface area contributed by atoms with Crippen molar-refractivity contribution in [3.8, 4) is 0 Å². The lowest BCUT2D eigenvalue weighted by atomic mass is 10.1. The van der Waals surface area contributed by atoms with Gasteiger partial charge in [0.25, 0.3) is 5.56 Å². The summed E-state index contributed by atoms with van der Waals surface area (Å²) in [6.45, 7) is 4.09. The standard InChI is InChI=1S/C25H26FN5O4S/c1-17(2)36(34,35)21-9-5-18(6-10-21)13-23(32)27-11-12-31-24-22(14-29-31)25(33)30(16-28-24)15-19-3-7-20(26)8-4-19/h3-10,14,16-17H,11-13,15H2,1-2H3,(H,27,32). The van der Waals surface area contributed by atoms with E-state index in [-0.39, 0.29) is 41.7 Å². The lowest BCUT2D eigenvalue weighted by Crippen LogP contribution is -2.29. The van der Waals surface area contributed by atoms with E-state index < -0.39 is 15.1 Å². The quantitative estimate of drug-likeness (QED) is 0.369. The molecule has 0 spiro atoms. The molecule has 0 atom stereocenters. The fraction of sp³-hybridized carbons (Fsp3) is 0.280. The summed E-state index contributed by atoms with van der Waals surface area (Å²) in [4.78, 5) is 29.7. The maximum absolute atomic E-state index is 13.1. The van der Waals surface area contributed by atoms with Crippen LogP contribution in [0.15, 0.2) is 70.7 Å². The first-order chi connectivity index (χ1) is 17.1. The zero-order valence-electron chi connectivity index (χ0n) is 19.9. The zero-order chi connectivity index (χ0) is 25.9. The van der Waals surface area contributed by atoms with E-state index in [0.29, 0.717) is 23.1 Å². The van der Waals surface area contributed by atoms with Crippen LogP contribution in [0.1, 0.15) is 25.0 Å². The first-order valence-corrected chi connectivity index (χ1v) is 12.9. The fourth-order valence-electron chi connectivity index (χ4n) is 3.68. The van der Waals surface area contributed by atoms with Gasteiger partial charge in [0.15, 0.2) is 15.5 Å². The highest BCUT2D eigenvalue weighted by Crippen LogP contribution is 2.16. The Kier molecular flexibility index (Phi) is 7.30. The van der Waals surface area contributed by atoms with E-state index in [1.54, 1.807) is 42.8 Å². The molecule has 2 heterocycles. The summed E-state index contributed by atoms with van der Waals surface area (Å²) in [6, 6.07) is 12.2. The molecule has 188 valence electrons. The number of nitrogens with zero attached hydrogens (tertiary/aromatic N) is 4. The van der Waals surface area contributed by atoms with E-state index in [4.69, 9.17) is 0 Å². The van der Waals surface area contributed by atoms with Crippen LogP contribution in [0.3, 0.4) is 0 Å². The molecular weight excluding hydrogens is 485 g/mol. The minimum absolute atomic E-state index is 0.105. The van der Waals surface area contributed by atoms with Crippen molar-refractivity contribution >= 4 is 26.8 Å². The minimum Gasteiger partial charge on any atom is -0.354 e. The first kappa shape index (κ1) is 25.2. The molecule has 2 aromatic heterocycles. The highest BCUT2D eigenvalue weighted by Gasteiger charge is 2.19. The van der Waals surface area contributed by atoms with Gasteiger partial charge in [-0.15, -0.1) is 0 Å². The number of aromatic nitrogens is 4. The number of fused-ring (bicyclic) bond motifs is 1. The molecule has 0 aliphatic rings. The number of amides is 1. The third-order valence-corrected chi connectivity index (χ3v) is 7.94. The molecule has 36 heavy (non-hydrogen) atoms. The lowest BCUT2D eigenvalue weighted by molar-refractivity contribution is -0.120. The van der Waals surface area contributed by atoms with Crippen LogP contribution in [0.5, 0.6) is 0 Å². The van der Waals surface area contributed by atoms with Gasteiger partial charge in [0.05, 0.1) is 35.9 Å². The fourth-order valence-corrected chi connectivity index (χ4v) is 4.74. The minimum atomic E-state index is -3.36. The van der Waals surface area contributed by atoms with Crippen LogP contribution in [0.2, 0.25) is 0 Å². The van der Waals surface area contributed by atoms with Crippen molar-refractivity contribution in [2.75, 3.05) is 6.54 Å². The molecule has 0 aliphatic heterocycles. The number of carbonyl (C=O) groups excluding carboxylic acids is 1. The number of nitrogens with one attached hydrogen (secondary N) is 1. The van der Waals surface area contributed by atoms with Crippen molar-refractivity contribution in [2.24, 2.45) is 0 Å². The van der Waals surface area contributed by atoms with Gasteiger partial charge in [0.1, 0.15) is 17.5 Å². The zero-order valence-corrected chi connectivity index (χ0v) is 20.7. The topological polar surface area (TPSA) is 116 Å². The second kappa shape index (κ2) is 10.4. The maximum atomic E-state index is 13.1. The van der Waals surface area contributed by atoms with E-state index in [9.17, 15) is 22.4 Å². The number of hydrogen-bond donors (Lipinski definition) is 1. The summed E-state index contributed by atoms with van der Waals surface area (Å²) >= 11 is 0. The Morgan fingerprint density at radius 2 is 1.72 bits per heavy atom. The Bertz CT molecular complexity index is 1540. The number of carbonyl (C=O) groups is 1. The summed E-state index contributed by atoms with van der Waals surface area (Å²) in [5.41, 5.74) is 1.61. The highest BCUT2D eigenvalue weighted by atomic mass is 32.2. The molecule has 0 radical (unpaired) electrons. The van der Waals surface area contributed by atoms with Gasteiger partial charge in [-0.3, -0.25) is 14.2 Å². The molecule has 0 fully saturated rings. The van der Waals surface area contributed by atoms with Crippen molar-refractivity contribution in [2.45, 2.75) is 43.5 Å². The maximum Gasteiger partial charge on any atom is 0.264 e. The molecule has 0 aliphatic carbocycles. The van der Waals surface area contributed by atoms with E-state index in [2.05, 4.69) is 15.4 Å². The molecule has 4 aromatic rings. The van der Waals surface area contributed by atoms with Gasteiger partial charge in [-0.1, -0.05) is 24.3 Å².